The highest BCUT2D eigenvalue weighted by molar-refractivity contribution is 6.31. The lowest BCUT2D eigenvalue weighted by Crippen LogP contribution is -2.29. The molecule has 0 saturated heterocycles. The minimum Gasteiger partial charge on any atom is -0.488 e. The fourth-order valence-corrected chi connectivity index (χ4v) is 3.57. The van der Waals surface area contributed by atoms with Crippen molar-refractivity contribution in [2.24, 2.45) is 0 Å². The van der Waals surface area contributed by atoms with Crippen molar-refractivity contribution in [2.75, 3.05) is 0 Å². The maximum absolute atomic E-state index is 13.1. The fraction of sp³-hybridized carbons (Fsp3) is 0.240. The average molecular weight is 408 g/mol. The first kappa shape index (κ1) is 20.9. The van der Waals surface area contributed by atoms with Crippen LogP contribution in [0.25, 0.3) is 0 Å². The maximum Gasteiger partial charge on any atom is 0.255 e. The van der Waals surface area contributed by atoms with E-state index >= 15 is 0 Å². The third-order valence-corrected chi connectivity index (χ3v) is 5.17. The molecule has 1 atom stereocenters. The first-order chi connectivity index (χ1) is 14.0. The van der Waals surface area contributed by atoms with E-state index < -0.39 is 0 Å². The van der Waals surface area contributed by atoms with Crippen molar-refractivity contribution < 1.29 is 9.53 Å². The van der Waals surface area contributed by atoms with Gasteiger partial charge in [-0.15, -0.1) is 0 Å². The number of hydrogen-bond donors (Lipinski definition) is 1. The van der Waals surface area contributed by atoms with Crippen LogP contribution in [0.3, 0.4) is 0 Å². The Morgan fingerprint density at radius 2 is 1.79 bits per heavy atom. The third-order valence-electron chi connectivity index (χ3n) is 4.94. The second-order valence-electron chi connectivity index (χ2n) is 7.21. The van der Waals surface area contributed by atoms with Gasteiger partial charge >= 0.3 is 0 Å². The predicted octanol–water partition coefficient (Wildman–Crippen LogP) is 6.42. The van der Waals surface area contributed by atoms with Crippen LogP contribution >= 0.6 is 11.6 Å². The molecule has 1 N–H and O–H groups in total. The number of rotatable bonds is 7. The van der Waals surface area contributed by atoms with Gasteiger partial charge in [0.1, 0.15) is 12.4 Å². The summed E-state index contributed by atoms with van der Waals surface area (Å²) < 4.78 is 5.94. The number of halogens is 1. The first-order valence-electron chi connectivity index (χ1n) is 9.82. The van der Waals surface area contributed by atoms with Gasteiger partial charge in [-0.1, -0.05) is 72.6 Å². The molecule has 0 heterocycles. The average Bonchev–Trinajstić information content (AvgIpc) is 2.72. The van der Waals surface area contributed by atoms with Crippen LogP contribution in [0.1, 0.15) is 52.0 Å². The second kappa shape index (κ2) is 9.62. The zero-order chi connectivity index (χ0) is 20.8. The van der Waals surface area contributed by atoms with Crippen LogP contribution in [-0.4, -0.2) is 5.91 Å². The molecule has 0 fully saturated rings. The number of nitrogens with one attached hydrogen (secondary N) is 1. The fourth-order valence-electron chi connectivity index (χ4n) is 3.39. The van der Waals surface area contributed by atoms with Crippen molar-refractivity contribution in [1.82, 2.24) is 5.32 Å². The van der Waals surface area contributed by atoms with E-state index in [1.54, 1.807) is 18.2 Å². The van der Waals surface area contributed by atoms with Crippen molar-refractivity contribution in [3.63, 3.8) is 0 Å². The number of hydrogen-bond acceptors (Lipinski definition) is 2. The molecule has 0 aliphatic carbocycles. The van der Waals surface area contributed by atoms with Gasteiger partial charge in [0.15, 0.2) is 0 Å². The van der Waals surface area contributed by atoms with Gasteiger partial charge in [0.2, 0.25) is 0 Å². The molecule has 3 nitrogen and oxygen atoms in total. The molecule has 29 heavy (non-hydrogen) atoms. The lowest BCUT2D eigenvalue weighted by Gasteiger charge is -2.21. The molecule has 3 rings (SSSR count). The summed E-state index contributed by atoms with van der Waals surface area (Å²) >= 11 is 6.17. The zero-order valence-corrected chi connectivity index (χ0v) is 17.8. The Labute approximate surface area is 177 Å². The number of aryl methyl sites for hydroxylation is 2. The number of carbonyl (C=O) groups is 1. The molecule has 3 aromatic rings. The van der Waals surface area contributed by atoms with Crippen LogP contribution in [0.5, 0.6) is 5.75 Å². The summed E-state index contributed by atoms with van der Waals surface area (Å²) in [6.07, 6.45) is 0.788. The van der Waals surface area contributed by atoms with Gasteiger partial charge in [-0.2, -0.15) is 0 Å². The number of amides is 1. The highest BCUT2D eigenvalue weighted by Crippen LogP contribution is 2.27. The Hall–Kier alpha value is -2.78. The molecule has 150 valence electrons. The van der Waals surface area contributed by atoms with Crippen molar-refractivity contribution in [1.29, 1.82) is 0 Å². The van der Waals surface area contributed by atoms with Crippen molar-refractivity contribution >= 4 is 17.5 Å². The predicted molar refractivity (Wildman–Crippen MR) is 119 cm³/mol. The quantitative estimate of drug-likeness (QED) is 0.491. The summed E-state index contributed by atoms with van der Waals surface area (Å²) in [7, 11) is 0. The standard InChI is InChI=1S/C25H26ClNO2/c1-4-23(21-12-10-17(2)14-18(21)3)27-25(28)22-15-20(26)11-13-24(22)29-16-19-8-6-5-7-9-19/h5-15,23H,4,16H2,1-3H3,(H,27,28)/t23-/m1/s1. The van der Waals surface area contributed by atoms with E-state index in [1.807, 2.05) is 30.3 Å². The molecule has 0 radical (unpaired) electrons. The van der Waals surface area contributed by atoms with Crippen LogP contribution in [0.15, 0.2) is 66.7 Å². The van der Waals surface area contributed by atoms with Gasteiger partial charge in [0.05, 0.1) is 11.6 Å². The first-order valence-corrected chi connectivity index (χ1v) is 10.2. The van der Waals surface area contributed by atoms with Crippen LogP contribution in [0.2, 0.25) is 5.02 Å². The smallest absolute Gasteiger partial charge is 0.255 e. The highest BCUT2D eigenvalue weighted by atomic mass is 35.5. The Morgan fingerprint density at radius 1 is 1.03 bits per heavy atom. The normalized spacial score (nSPS) is 11.7. The van der Waals surface area contributed by atoms with E-state index in [2.05, 4.69) is 44.3 Å². The van der Waals surface area contributed by atoms with Gasteiger partial charge in [0.25, 0.3) is 5.91 Å². The summed E-state index contributed by atoms with van der Waals surface area (Å²) in [5.41, 5.74) is 4.98. The van der Waals surface area contributed by atoms with Gasteiger partial charge in [-0.25, -0.2) is 0 Å². The number of benzene rings is 3. The molecule has 0 saturated carbocycles. The molecule has 3 aromatic carbocycles. The molecule has 0 aliphatic rings. The second-order valence-corrected chi connectivity index (χ2v) is 7.65. The third kappa shape index (κ3) is 5.39. The summed E-state index contributed by atoms with van der Waals surface area (Å²) in [6.45, 7) is 6.59. The van der Waals surface area contributed by atoms with Crippen LogP contribution in [0, 0.1) is 13.8 Å². The van der Waals surface area contributed by atoms with Crippen molar-refractivity contribution in [3.8, 4) is 5.75 Å². The van der Waals surface area contributed by atoms with E-state index in [0.717, 1.165) is 17.5 Å². The molecular formula is C25H26ClNO2. The minimum atomic E-state index is -0.192. The SMILES string of the molecule is CC[C@@H](NC(=O)c1cc(Cl)ccc1OCc1ccccc1)c1ccc(C)cc1C. The summed E-state index contributed by atoms with van der Waals surface area (Å²) in [5, 5.41) is 3.65. The molecule has 1 amide bonds. The van der Waals surface area contributed by atoms with E-state index in [-0.39, 0.29) is 11.9 Å². The molecule has 0 bridgehead atoms. The largest absolute Gasteiger partial charge is 0.488 e. The monoisotopic (exact) mass is 407 g/mol. The van der Waals surface area contributed by atoms with Crippen LogP contribution in [-0.2, 0) is 6.61 Å². The molecule has 0 unspecified atom stereocenters. The molecule has 4 heteroatoms. The van der Waals surface area contributed by atoms with E-state index in [4.69, 9.17) is 16.3 Å². The van der Waals surface area contributed by atoms with Crippen molar-refractivity contribution in [2.45, 2.75) is 39.8 Å². The van der Waals surface area contributed by atoms with Gasteiger partial charge in [-0.3, -0.25) is 4.79 Å². The molecular weight excluding hydrogens is 382 g/mol. The van der Waals surface area contributed by atoms with Crippen molar-refractivity contribution in [3.05, 3.63) is 99.6 Å². The Bertz CT molecular complexity index is 985. The van der Waals surface area contributed by atoms with Crippen LogP contribution in [0.4, 0.5) is 0 Å². The lowest BCUT2D eigenvalue weighted by molar-refractivity contribution is 0.0931. The Balaban J connectivity index is 1.81. The highest BCUT2D eigenvalue weighted by Gasteiger charge is 2.19. The molecule has 0 spiro atoms. The minimum absolute atomic E-state index is 0.0796. The lowest BCUT2D eigenvalue weighted by atomic mass is 9.97. The van der Waals surface area contributed by atoms with Crippen LogP contribution < -0.4 is 10.1 Å². The summed E-state index contributed by atoms with van der Waals surface area (Å²) in [6, 6.07) is 21.2. The maximum atomic E-state index is 13.1. The molecule has 0 aliphatic heterocycles. The number of ether oxygens (including phenoxy) is 1. The number of carbonyl (C=O) groups excluding carboxylic acids is 1. The Morgan fingerprint density at radius 3 is 2.48 bits per heavy atom. The van der Waals surface area contributed by atoms with E-state index in [1.165, 1.54) is 11.1 Å². The topological polar surface area (TPSA) is 38.3 Å². The molecule has 0 aromatic heterocycles. The van der Waals surface area contributed by atoms with Gasteiger partial charge in [-0.05, 0) is 55.2 Å². The summed E-state index contributed by atoms with van der Waals surface area (Å²) in [5.74, 6) is 0.327. The zero-order valence-electron chi connectivity index (χ0n) is 17.0. The summed E-state index contributed by atoms with van der Waals surface area (Å²) in [4.78, 5) is 13.1. The Kier molecular flexibility index (Phi) is 6.95. The van der Waals surface area contributed by atoms with E-state index in [0.29, 0.717) is 22.9 Å². The van der Waals surface area contributed by atoms with Gasteiger partial charge in [0, 0.05) is 5.02 Å². The van der Waals surface area contributed by atoms with E-state index in [9.17, 15) is 4.79 Å². The van der Waals surface area contributed by atoms with Gasteiger partial charge < -0.3 is 10.1 Å².